The molecule has 0 saturated heterocycles. The summed E-state index contributed by atoms with van der Waals surface area (Å²) < 4.78 is 11.3. The number of nitrogens with one attached hydrogen (secondary N) is 1. The first-order valence-electron chi connectivity index (χ1n) is 9.35. The van der Waals surface area contributed by atoms with Crippen molar-refractivity contribution >= 4 is 34.5 Å². The third-order valence-electron chi connectivity index (χ3n) is 4.39. The number of nitrogens with zero attached hydrogens (tertiary/aromatic N) is 1. The molecule has 0 unspecified atom stereocenters. The molecule has 0 bridgehead atoms. The highest BCUT2D eigenvalue weighted by atomic mass is 35.5. The summed E-state index contributed by atoms with van der Waals surface area (Å²) in [6, 6.07) is 15.5. The number of halogens is 1. The predicted octanol–water partition coefficient (Wildman–Crippen LogP) is 5.04. The van der Waals surface area contributed by atoms with Crippen LogP contribution in [0.25, 0.3) is 10.8 Å². The van der Waals surface area contributed by atoms with E-state index in [1.54, 1.807) is 18.3 Å². The van der Waals surface area contributed by atoms with Crippen molar-refractivity contribution in [2.75, 3.05) is 13.2 Å². The van der Waals surface area contributed by atoms with Crippen LogP contribution < -0.4 is 14.9 Å². The zero-order chi connectivity index (χ0) is 20.8. The fraction of sp³-hybridized carbons (Fsp3) is 0.217. The number of hydrogen-bond donors (Lipinski definition) is 1. The van der Waals surface area contributed by atoms with Crippen molar-refractivity contribution in [3.8, 4) is 11.5 Å². The largest absolute Gasteiger partial charge is 0.493 e. The van der Waals surface area contributed by atoms with E-state index < -0.39 is 0 Å². The van der Waals surface area contributed by atoms with Crippen molar-refractivity contribution in [1.29, 1.82) is 0 Å². The Morgan fingerprint density at radius 3 is 2.55 bits per heavy atom. The van der Waals surface area contributed by atoms with Crippen LogP contribution in [0.4, 0.5) is 0 Å². The summed E-state index contributed by atoms with van der Waals surface area (Å²) in [5.41, 5.74) is 5.12. The van der Waals surface area contributed by atoms with Gasteiger partial charge >= 0.3 is 0 Å². The maximum atomic E-state index is 12.1. The number of benzene rings is 3. The molecule has 3 aromatic carbocycles. The molecule has 29 heavy (non-hydrogen) atoms. The van der Waals surface area contributed by atoms with Gasteiger partial charge in [-0.25, -0.2) is 5.43 Å². The number of carbonyl (C=O) groups excluding carboxylic acids is 1. The first-order valence-corrected chi connectivity index (χ1v) is 9.73. The number of rotatable bonds is 7. The number of ether oxygens (including phenoxy) is 2. The van der Waals surface area contributed by atoms with Gasteiger partial charge in [-0.3, -0.25) is 4.79 Å². The molecular formula is C23H23ClN2O3. The van der Waals surface area contributed by atoms with Crippen LogP contribution in [0, 0.1) is 13.8 Å². The highest BCUT2D eigenvalue weighted by Gasteiger charge is 2.08. The molecule has 0 aliphatic heterocycles. The Hall–Kier alpha value is -3.05. The molecule has 6 heteroatoms. The second-order valence-corrected chi connectivity index (χ2v) is 6.96. The molecule has 0 saturated carbocycles. The Morgan fingerprint density at radius 2 is 1.83 bits per heavy atom. The lowest BCUT2D eigenvalue weighted by atomic mass is 10.0. The van der Waals surface area contributed by atoms with E-state index in [9.17, 15) is 4.79 Å². The lowest BCUT2D eigenvalue weighted by Crippen LogP contribution is -2.24. The van der Waals surface area contributed by atoms with Crippen molar-refractivity contribution in [3.63, 3.8) is 0 Å². The summed E-state index contributed by atoms with van der Waals surface area (Å²) in [6.07, 6.45) is 1.60. The van der Waals surface area contributed by atoms with Crippen LogP contribution in [0.1, 0.15) is 23.6 Å². The van der Waals surface area contributed by atoms with Crippen LogP contribution in [0.15, 0.2) is 53.6 Å². The number of carbonyl (C=O) groups is 1. The van der Waals surface area contributed by atoms with Crippen LogP contribution in [0.2, 0.25) is 5.02 Å². The van der Waals surface area contributed by atoms with Gasteiger partial charge < -0.3 is 9.47 Å². The minimum Gasteiger partial charge on any atom is -0.493 e. The van der Waals surface area contributed by atoms with E-state index in [0.717, 1.165) is 27.5 Å². The molecule has 1 N–H and O–H groups in total. The standard InChI is InChI=1S/C23H23ClN2O3/c1-4-28-21-10-9-17-7-5-6-8-19(17)20(21)13-25-26-22(27)14-29-18-11-15(2)23(24)16(3)12-18/h5-13H,4,14H2,1-3H3,(H,26,27)/b25-13+. The van der Waals surface area contributed by atoms with Gasteiger partial charge in [0.05, 0.1) is 12.8 Å². The highest BCUT2D eigenvalue weighted by Crippen LogP contribution is 2.27. The van der Waals surface area contributed by atoms with Crippen molar-refractivity contribution in [1.82, 2.24) is 5.43 Å². The summed E-state index contributed by atoms with van der Waals surface area (Å²) in [6.45, 7) is 6.11. The Labute approximate surface area is 175 Å². The third-order valence-corrected chi connectivity index (χ3v) is 4.99. The molecule has 0 fully saturated rings. The lowest BCUT2D eigenvalue weighted by molar-refractivity contribution is -0.123. The van der Waals surface area contributed by atoms with Gasteiger partial charge in [0, 0.05) is 10.6 Å². The minimum absolute atomic E-state index is 0.147. The monoisotopic (exact) mass is 410 g/mol. The van der Waals surface area contributed by atoms with E-state index in [1.165, 1.54) is 0 Å². The molecule has 3 rings (SSSR count). The molecule has 150 valence electrons. The Kier molecular flexibility index (Phi) is 6.73. The number of hydrogen-bond acceptors (Lipinski definition) is 4. The van der Waals surface area contributed by atoms with Crippen molar-refractivity contribution in [3.05, 3.63) is 70.2 Å². The van der Waals surface area contributed by atoms with E-state index in [1.807, 2.05) is 57.2 Å². The Balaban J connectivity index is 1.68. The van der Waals surface area contributed by atoms with Gasteiger partial charge in [-0.05, 0) is 60.9 Å². The molecule has 1 amide bonds. The van der Waals surface area contributed by atoms with E-state index >= 15 is 0 Å². The molecule has 0 aliphatic rings. The molecule has 0 heterocycles. The lowest BCUT2D eigenvalue weighted by Gasteiger charge is -2.10. The third kappa shape index (κ3) is 5.06. The fourth-order valence-corrected chi connectivity index (χ4v) is 3.14. The van der Waals surface area contributed by atoms with Crippen LogP contribution in [-0.4, -0.2) is 25.3 Å². The van der Waals surface area contributed by atoms with Gasteiger partial charge in [0.2, 0.25) is 0 Å². The van der Waals surface area contributed by atoms with Crippen LogP contribution in [0.3, 0.4) is 0 Å². The first kappa shape index (κ1) is 20.7. The van der Waals surface area contributed by atoms with Gasteiger partial charge in [-0.15, -0.1) is 0 Å². The van der Waals surface area contributed by atoms with Gasteiger partial charge in [-0.1, -0.05) is 41.9 Å². The van der Waals surface area contributed by atoms with Gasteiger partial charge in [0.1, 0.15) is 11.5 Å². The molecule has 0 aliphatic carbocycles. The predicted molar refractivity (Wildman–Crippen MR) is 117 cm³/mol. The van der Waals surface area contributed by atoms with Gasteiger partial charge in [0.15, 0.2) is 6.61 Å². The number of aryl methyl sites for hydroxylation is 2. The summed E-state index contributed by atoms with van der Waals surface area (Å²) in [7, 11) is 0. The van der Waals surface area contributed by atoms with E-state index in [2.05, 4.69) is 10.5 Å². The highest BCUT2D eigenvalue weighted by molar-refractivity contribution is 6.32. The summed E-state index contributed by atoms with van der Waals surface area (Å²) in [5, 5.41) is 6.86. The van der Waals surface area contributed by atoms with Crippen LogP contribution >= 0.6 is 11.6 Å². The van der Waals surface area contributed by atoms with Crippen molar-refractivity contribution in [2.45, 2.75) is 20.8 Å². The van der Waals surface area contributed by atoms with E-state index in [-0.39, 0.29) is 12.5 Å². The van der Waals surface area contributed by atoms with Crippen molar-refractivity contribution in [2.24, 2.45) is 5.10 Å². The molecule has 0 aromatic heterocycles. The maximum absolute atomic E-state index is 12.1. The Morgan fingerprint density at radius 1 is 1.10 bits per heavy atom. The van der Waals surface area contributed by atoms with Crippen molar-refractivity contribution < 1.29 is 14.3 Å². The minimum atomic E-state index is -0.357. The molecule has 0 spiro atoms. The SMILES string of the molecule is CCOc1ccc2ccccc2c1/C=N/NC(=O)COc1cc(C)c(Cl)c(C)c1. The normalized spacial score (nSPS) is 11.0. The average molecular weight is 411 g/mol. The second-order valence-electron chi connectivity index (χ2n) is 6.58. The molecule has 0 radical (unpaired) electrons. The molecule has 3 aromatic rings. The first-order chi connectivity index (χ1) is 14.0. The van der Waals surface area contributed by atoms with E-state index in [0.29, 0.717) is 23.1 Å². The quantitative estimate of drug-likeness (QED) is 0.438. The van der Waals surface area contributed by atoms with Gasteiger partial charge in [0.25, 0.3) is 5.91 Å². The average Bonchev–Trinajstić information content (AvgIpc) is 2.71. The number of fused-ring (bicyclic) bond motifs is 1. The summed E-state index contributed by atoms with van der Waals surface area (Å²) in [5.74, 6) is 0.952. The molecule has 5 nitrogen and oxygen atoms in total. The summed E-state index contributed by atoms with van der Waals surface area (Å²) >= 11 is 6.15. The second kappa shape index (κ2) is 9.43. The zero-order valence-corrected chi connectivity index (χ0v) is 17.4. The summed E-state index contributed by atoms with van der Waals surface area (Å²) in [4.78, 5) is 12.1. The van der Waals surface area contributed by atoms with Crippen LogP contribution in [0.5, 0.6) is 11.5 Å². The topological polar surface area (TPSA) is 59.9 Å². The van der Waals surface area contributed by atoms with Gasteiger partial charge in [-0.2, -0.15) is 5.10 Å². The Bertz CT molecular complexity index is 1040. The maximum Gasteiger partial charge on any atom is 0.277 e. The van der Waals surface area contributed by atoms with E-state index in [4.69, 9.17) is 21.1 Å². The number of amides is 1. The molecular weight excluding hydrogens is 388 g/mol. The zero-order valence-electron chi connectivity index (χ0n) is 16.7. The van der Waals surface area contributed by atoms with Crippen LogP contribution in [-0.2, 0) is 4.79 Å². The smallest absolute Gasteiger partial charge is 0.277 e. The fourth-order valence-electron chi connectivity index (χ4n) is 3.03. The molecule has 0 atom stereocenters. The number of hydrazone groups is 1.